The Kier molecular flexibility index (Phi) is 8.65. The van der Waals surface area contributed by atoms with E-state index in [2.05, 4.69) is 0 Å². The number of aromatic hydroxyl groups is 1. The van der Waals surface area contributed by atoms with E-state index >= 15 is 0 Å². The summed E-state index contributed by atoms with van der Waals surface area (Å²) < 4.78 is 27.6. The van der Waals surface area contributed by atoms with Gasteiger partial charge in [-0.1, -0.05) is 12.1 Å². The van der Waals surface area contributed by atoms with Gasteiger partial charge in [-0.05, 0) is 35.4 Å². The predicted octanol–water partition coefficient (Wildman–Crippen LogP) is -0.758. The standard InChI is InChI=1S/C26H34O12/c1-34-18-7-13(3-5-16(18)29)9-26(33)12-36-24(15(26)10-27)14-4-6-17(19(8-14)35-2)37-25-23(32)22(31)21(30)20(11-28)38-25/h3-8,15,20-25,27-33H,9-12H2,1-2H3/t15?,20-,21-,22-,23-,24?,25-,26?/m1/s1. The predicted molar refractivity (Wildman–Crippen MR) is 130 cm³/mol. The van der Waals surface area contributed by atoms with Gasteiger partial charge in [-0.15, -0.1) is 0 Å². The van der Waals surface area contributed by atoms with E-state index in [-0.39, 0.29) is 42.6 Å². The zero-order valence-electron chi connectivity index (χ0n) is 21.0. The van der Waals surface area contributed by atoms with Crippen LogP contribution in [0.25, 0.3) is 0 Å². The number of phenolic OH excluding ortho intramolecular Hbond substituents is 1. The summed E-state index contributed by atoms with van der Waals surface area (Å²) in [5.41, 5.74) is -0.146. The van der Waals surface area contributed by atoms with Crippen LogP contribution in [0.15, 0.2) is 36.4 Å². The molecule has 0 spiro atoms. The van der Waals surface area contributed by atoms with Gasteiger partial charge in [0.15, 0.2) is 23.0 Å². The van der Waals surface area contributed by atoms with Crippen molar-refractivity contribution in [1.82, 2.24) is 0 Å². The van der Waals surface area contributed by atoms with E-state index < -0.39 is 54.9 Å². The van der Waals surface area contributed by atoms with E-state index in [9.17, 15) is 35.7 Å². The van der Waals surface area contributed by atoms with Crippen LogP contribution in [0.1, 0.15) is 17.2 Å². The maximum absolute atomic E-state index is 11.4. The zero-order chi connectivity index (χ0) is 27.6. The Hall–Kier alpha value is -2.68. The topological polar surface area (TPSA) is 188 Å². The Morgan fingerprint density at radius 3 is 2.29 bits per heavy atom. The van der Waals surface area contributed by atoms with E-state index in [1.807, 2.05) is 0 Å². The number of rotatable bonds is 9. The Balaban J connectivity index is 1.53. The summed E-state index contributed by atoms with van der Waals surface area (Å²) in [7, 11) is 2.82. The molecule has 8 atom stereocenters. The highest BCUT2D eigenvalue weighted by atomic mass is 16.7. The smallest absolute Gasteiger partial charge is 0.229 e. The third kappa shape index (κ3) is 5.40. The lowest BCUT2D eigenvalue weighted by molar-refractivity contribution is -0.277. The van der Waals surface area contributed by atoms with E-state index in [4.69, 9.17) is 23.7 Å². The van der Waals surface area contributed by atoms with Crippen molar-refractivity contribution in [3.63, 3.8) is 0 Å². The average molecular weight is 539 g/mol. The number of phenols is 1. The largest absolute Gasteiger partial charge is 0.504 e. The molecule has 2 heterocycles. The Bertz CT molecular complexity index is 1090. The van der Waals surface area contributed by atoms with Crippen LogP contribution in [-0.2, 0) is 15.9 Å². The summed E-state index contributed by atoms with van der Waals surface area (Å²) in [6.07, 6.45) is -7.80. The van der Waals surface area contributed by atoms with E-state index in [0.717, 1.165) is 0 Å². The van der Waals surface area contributed by atoms with Gasteiger partial charge in [0.25, 0.3) is 0 Å². The summed E-state index contributed by atoms with van der Waals surface area (Å²) in [5, 5.41) is 71.2. The number of benzene rings is 2. The lowest BCUT2D eigenvalue weighted by Gasteiger charge is -2.39. The van der Waals surface area contributed by atoms with Gasteiger partial charge in [0.05, 0.1) is 45.7 Å². The summed E-state index contributed by atoms with van der Waals surface area (Å²) in [5.74, 6) is -0.101. The minimum Gasteiger partial charge on any atom is -0.504 e. The highest BCUT2D eigenvalue weighted by molar-refractivity contribution is 5.45. The molecular formula is C26H34O12. The monoisotopic (exact) mass is 538 g/mol. The third-order valence-electron chi connectivity index (χ3n) is 7.13. The molecule has 0 amide bonds. The van der Waals surface area contributed by atoms with Crippen LogP contribution in [0.4, 0.5) is 0 Å². The molecule has 0 bridgehead atoms. The van der Waals surface area contributed by atoms with Crippen molar-refractivity contribution in [3.8, 4) is 23.0 Å². The van der Waals surface area contributed by atoms with Crippen LogP contribution < -0.4 is 14.2 Å². The van der Waals surface area contributed by atoms with Crippen molar-refractivity contribution in [1.29, 1.82) is 0 Å². The second kappa shape index (κ2) is 11.6. The highest BCUT2D eigenvalue weighted by Gasteiger charge is 2.49. The number of hydrogen-bond donors (Lipinski definition) is 7. The highest BCUT2D eigenvalue weighted by Crippen LogP contribution is 2.45. The molecule has 3 unspecified atom stereocenters. The molecule has 2 saturated heterocycles. The first-order valence-corrected chi connectivity index (χ1v) is 12.1. The van der Waals surface area contributed by atoms with E-state index in [0.29, 0.717) is 11.1 Å². The van der Waals surface area contributed by atoms with Crippen molar-refractivity contribution in [2.24, 2.45) is 5.92 Å². The molecule has 2 aliphatic rings. The van der Waals surface area contributed by atoms with Gasteiger partial charge in [0.2, 0.25) is 6.29 Å². The molecule has 2 aromatic rings. The SMILES string of the molecule is COc1cc(CC2(O)COC(c3ccc(O[C@@H]4O[C@H](CO)[C@@H](O)[C@@H](O)[C@H]4O)c(OC)c3)C2CO)ccc1O. The molecule has 2 aliphatic heterocycles. The van der Waals surface area contributed by atoms with Gasteiger partial charge in [0, 0.05) is 12.3 Å². The molecule has 12 heteroatoms. The molecule has 0 aliphatic carbocycles. The first-order chi connectivity index (χ1) is 18.1. The van der Waals surface area contributed by atoms with Crippen LogP contribution in [0, 0.1) is 5.92 Å². The van der Waals surface area contributed by atoms with Gasteiger partial charge in [-0.2, -0.15) is 0 Å². The molecule has 2 fully saturated rings. The van der Waals surface area contributed by atoms with Gasteiger partial charge in [-0.25, -0.2) is 0 Å². The van der Waals surface area contributed by atoms with Gasteiger partial charge >= 0.3 is 0 Å². The van der Waals surface area contributed by atoms with Crippen LogP contribution in [0.3, 0.4) is 0 Å². The minimum absolute atomic E-state index is 0.0272. The quantitative estimate of drug-likeness (QED) is 0.212. The maximum atomic E-state index is 11.4. The minimum atomic E-state index is -1.60. The fraction of sp³-hybridized carbons (Fsp3) is 0.538. The first-order valence-electron chi connectivity index (χ1n) is 12.1. The Morgan fingerprint density at radius 2 is 1.63 bits per heavy atom. The van der Waals surface area contributed by atoms with Crippen LogP contribution in [0.2, 0.25) is 0 Å². The maximum Gasteiger partial charge on any atom is 0.229 e. The molecule has 7 N–H and O–H groups in total. The van der Waals surface area contributed by atoms with Gasteiger partial charge < -0.3 is 59.4 Å². The molecule has 38 heavy (non-hydrogen) atoms. The normalized spacial score (nSPS) is 33.2. The number of ether oxygens (including phenoxy) is 5. The van der Waals surface area contributed by atoms with Crippen molar-refractivity contribution in [2.45, 2.75) is 48.8 Å². The Morgan fingerprint density at radius 1 is 0.895 bits per heavy atom. The molecule has 0 saturated carbocycles. The first kappa shape index (κ1) is 28.3. The number of aliphatic hydroxyl groups is 6. The molecule has 12 nitrogen and oxygen atoms in total. The second-order valence-electron chi connectivity index (χ2n) is 9.53. The van der Waals surface area contributed by atoms with Crippen LogP contribution in [0.5, 0.6) is 23.0 Å². The van der Waals surface area contributed by atoms with E-state index in [1.54, 1.807) is 24.3 Å². The zero-order valence-corrected chi connectivity index (χ0v) is 21.0. The summed E-state index contributed by atoms with van der Waals surface area (Å²) in [6.45, 7) is -1.03. The lowest BCUT2D eigenvalue weighted by atomic mass is 9.80. The third-order valence-corrected chi connectivity index (χ3v) is 7.13. The number of aliphatic hydroxyl groups excluding tert-OH is 5. The molecule has 2 aromatic carbocycles. The number of methoxy groups -OCH3 is 2. The van der Waals surface area contributed by atoms with Crippen molar-refractivity contribution in [2.75, 3.05) is 34.0 Å². The second-order valence-corrected chi connectivity index (χ2v) is 9.53. The lowest BCUT2D eigenvalue weighted by Crippen LogP contribution is -2.60. The van der Waals surface area contributed by atoms with Crippen LogP contribution in [-0.4, -0.2) is 106 Å². The fourth-order valence-corrected chi connectivity index (χ4v) is 4.95. The number of hydrogen-bond acceptors (Lipinski definition) is 12. The molecule has 0 aromatic heterocycles. The van der Waals surface area contributed by atoms with Crippen molar-refractivity contribution in [3.05, 3.63) is 47.5 Å². The average Bonchev–Trinajstić information content (AvgIpc) is 3.25. The van der Waals surface area contributed by atoms with E-state index in [1.165, 1.54) is 26.4 Å². The molecule has 210 valence electrons. The fourth-order valence-electron chi connectivity index (χ4n) is 4.95. The molecular weight excluding hydrogens is 504 g/mol. The van der Waals surface area contributed by atoms with Crippen LogP contribution >= 0.6 is 0 Å². The molecule has 0 radical (unpaired) electrons. The van der Waals surface area contributed by atoms with Gasteiger partial charge in [-0.3, -0.25) is 0 Å². The van der Waals surface area contributed by atoms with Crippen molar-refractivity contribution >= 4 is 0 Å². The van der Waals surface area contributed by atoms with Gasteiger partial charge in [0.1, 0.15) is 24.4 Å². The summed E-state index contributed by atoms with van der Waals surface area (Å²) in [6, 6.07) is 9.51. The summed E-state index contributed by atoms with van der Waals surface area (Å²) in [4.78, 5) is 0. The molecule has 4 rings (SSSR count). The van der Waals surface area contributed by atoms with Crippen molar-refractivity contribution < 1.29 is 59.4 Å². The summed E-state index contributed by atoms with van der Waals surface area (Å²) >= 11 is 0. The Labute approximate surface area is 219 Å².